The quantitative estimate of drug-likeness (QED) is 0.797. The van der Waals surface area contributed by atoms with E-state index < -0.39 is 0 Å². The van der Waals surface area contributed by atoms with Gasteiger partial charge in [0.25, 0.3) is 0 Å². The first-order valence-corrected chi connectivity index (χ1v) is 8.74. The van der Waals surface area contributed by atoms with E-state index in [1.807, 2.05) is 30.3 Å². The molecule has 0 saturated carbocycles. The Morgan fingerprint density at radius 1 is 1.30 bits per heavy atom. The molecule has 2 rings (SSSR count). The Balaban J connectivity index is 1.95. The molecule has 1 aromatic carbocycles. The molecular formula is C18H24N2O2S. The number of hydrogen-bond donors (Lipinski definition) is 2. The van der Waals surface area contributed by atoms with Crippen molar-refractivity contribution in [3.63, 3.8) is 0 Å². The van der Waals surface area contributed by atoms with Gasteiger partial charge in [0, 0.05) is 11.6 Å². The summed E-state index contributed by atoms with van der Waals surface area (Å²) >= 11 is 1.42. The average molecular weight is 332 g/mol. The lowest BCUT2D eigenvalue weighted by molar-refractivity contribution is -0.119. The molecule has 0 aliphatic rings. The van der Waals surface area contributed by atoms with E-state index in [2.05, 4.69) is 31.1 Å². The smallest absolute Gasteiger partial charge is 0.230 e. The lowest BCUT2D eigenvalue weighted by Crippen LogP contribution is -2.40. The zero-order valence-corrected chi connectivity index (χ0v) is 14.7. The van der Waals surface area contributed by atoms with Crippen LogP contribution in [0.3, 0.4) is 0 Å². The van der Waals surface area contributed by atoms with Gasteiger partial charge in [0.1, 0.15) is 5.03 Å². The van der Waals surface area contributed by atoms with Gasteiger partial charge < -0.3 is 10.4 Å². The highest BCUT2D eigenvalue weighted by Gasteiger charge is 2.20. The van der Waals surface area contributed by atoms with Crippen molar-refractivity contribution in [1.29, 1.82) is 0 Å². The monoisotopic (exact) mass is 332 g/mol. The van der Waals surface area contributed by atoms with E-state index in [0.29, 0.717) is 5.75 Å². The summed E-state index contributed by atoms with van der Waals surface area (Å²) in [5.74, 6) is 0.217. The highest BCUT2D eigenvalue weighted by molar-refractivity contribution is 8.00. The van der Waals surface area contributed by atoms with Gasteiger partial charge in [-0.1, -0.05) is 56.8 Å². The Morgan fingerprint density at radius 3 is 2.74 bits per heavy atom. The molecule has 1 amide bonds. The van der Waals surface area contributed by atoms with Crippen LogP contribution in [0.2, 0.25) is 0 Å². The molecule has 0 fully saturated rings. The number of aliphatic hydroxyl groups excluding tert-OH is 1. The number of amides is 1. The summed E-state index contributed by atoms with van der Waals surface area (Å²) < 4.78 is 0. The van der Waals surface area contributed by atoms with Gasteiger partial charge in [-0.15, -0.1) is 0 Å². The molecule has 0 radical (unpaired) electrons. The Bertz CT molecular complexity index is 662. The Kier molecular flexibility index (Phi) is 6.02. The number of aromatic nitrogens is 1. The fourth-order valence-electron chi connectivity index (χ4n) is 2.51. The van der Waals surface area contributed by atoms with Gasteiger partial charge in [-0.2, -0.15) is 0 Å². The van der Waals surface area contributed by atoms with Crippen LogP contribution in [-0.4, -0.2) is 34.4 Å². The second-order valence-corrected chi connectivity index (χ2v) is 7.80. The number of carbonyl (C=O) groups excluding carboxylic acids is 1. The molecule has 0 bridgehead atoms. The van der Waals surface area contributed by atoms with Crippen LogP contribution >= 0.6 is 11.8 Å². The van der Waals surface area contributed by atoms with E-state index in [1.54, 1.807) is 6.20 Å². The fraction of sp³-hybridized carbons (Fsp3) is 0.444. The van der Waals surface area contributed by atoms with E-state index in [1.165, 1.54) is 11.8 Å². The summed E-state index contributed by atoms with van der Waals surface area (Å²) in [6.07, 6.45) is 2.51. The second-order valence-electron chi connectivity index (χ2n) is 6.84. The number of hydrogen-bond acceptors (Lipinski definition) is 4. The summed E-state index contributed by atoms with van der Waals surface area (Å²) in [5, 5.41) is 15.4. The predicted molar refractivity (Wildman–Crippen MR) is 95.6 cm³/mol. The van der Waals surface area contributed by atoms with Crippen molar-refractivity contribution in [3.05, 3.63) is 36.5 Å². The third-order valence-electron chi connectivity index (χ3n) is 3.42. The van der Waals surface area contributed by atoms with Crippen molar-refractivity contribution in [1.82, 2.24) is 10.3 Å². The number of thioether (sulfide) groups is 1. The molecule has 1 heterocycles. The minimum Gasteiger partial charge on any atom is -0.394 e. The van der Waals surface area contributed by atoms with E-state index in [-0.39, 0.29) is 24.0 Å². The molecular weight excluding hydrogens is 308 g/mol. The Labute approximate surface area is 141 Å². The van der Waals surface area contributed by atoms with Crippen LogP contribution in [0.4, 0.5) is 0 Å². The van der Waals surface area contributed by atoms with E-state index in [0.717, 1.165) is 22.2 Å². The SMILES string of the molecule is CC(C)(C)CC(CO)NC(=O)CSc1nccc2ccccc12. The third-order valence-corrected chi connectivity index (χ3v) is 4.43. The zero-order chi connectivity index (χ0) is 16.9. The van der Waals surface area contributed by atoms with E-state index >= 15 is 0 Å². The van der Waals surface area contributed by atoms with Crippen LogP contribution in [-0.2, 0) is 4.79 Å². The lowest BCUT2D eigenvalue weighted by atomic mass is 9.88. The summed E-state index contributed by atoms with van der Waals surface area (Å²) in [7, 11) is 0. The molecule has 0 spiro atoms. The predicted octanol–water partition coefficient (Wildman–Crippen LogP) is 3.24. The zero-order valence-electron chi connectivity index (χ0n) is 13.9. The first-order chi connectivity index (χ1) is 10.9. The maximum Gasteiger partial charge on any atom is 0.230 e. The molecule has 2 N–H and O–H groups in total. The van der Waals surface area contributed by atoms with Crippen LogP contribution < -0.4 is 5.32 Å². The number of rotatable bonds is 6. The van der Waals surface area contributed by atoms with E-state index in [4.69, 9.17) is 0 Å². The van der Waals surface area contributed by atoms with Gasteiger partial charge in [-0.25, -0.2) is 4.98 Å². The lowest BCUT2D eigenvalue weighted by Gasteiger charge is -2.25. The number of carbonyl (C=O) groups is 1. The normalized spacial score (nSPS) is 13.0. The number of pyridine rings is 1. The molecule has 0 aliphatic heterocycles. The van der Waals surface area contributed by atoms with E-state index in [9.17, 15) is 9.90 Å². The molecule has 23 heavy (non-hydrogen) atoms. The van der Waals surface area contributed by atoms with Crippen molar-refractivity contribution in [2.75, 3.05) is 12.4 Å². The molecule has 124 valence electrons. The number of fused-ring (bicyclic) bond motifs is 1. The minimum atomic E-state index is -0.205. The van der Waals surface area contributed by atoms with Crippen LogP contribution in [0.5, 0.6) is 0 Å². The van der Waals surface area contributed by atoms with Gasteiger partial charge in [0.15, 0.2) is 0 Å². The number of nitrogens with one attached hydrogen (secondary N) is 1. The summed E-state index contributed by atoms with van der Waals surface area (Å²) in [6.45, 7) is 6.24. The fourth-order valence-corrected chi connectivity index (χ4v) is 3.34. The molecule has 1 aromatic heterocycles. The van der Waals surface area contributed by atoms with Crippen molar-refractivity contribution in [2.24, 2.45) is 5.41 Å². The first-order valence-electron chi connectivity index (χ1n) is 7.76. The van der Waals surface area contributed by atoms with Crippen LogP contribution in [0.1, 0.15) is 27.2 Å². The number of benzene rings is 1. The van der Waals surface area contributed by atoms with Crippen molar-refractivity contribution in [2.45, 2.75) is 38.3 Å². The molecule has 0 aliphatic carbocycles. The van der Waals surface area contributed by atoms with Gasteiger partial charge in [0.05, 0.1) is 18.4 Å². The summed E-state index contributed by atoms with van der Waals surface area (Å²) in [5.41, 5.74) is 0.0605. The standard InChI is InChI=1S/C18H24N2O2S/c1-18(2,3)10-14(11-21)20-16(22)12-23-17-15-7-5-4-6-13(15)8-9-19-17/h4-9,14,21H,10-12H2,1-3H3,(H,20,22). The maximum absolute atomic E-state index is 12.1. The first kappa shape index (κ1) is 17.8. The topological polar surface area (TPSA) is 62.2 Å². The number of nitrogens with zero attached hydrogens (tertiary/aromatic N) is 1. The molecule has 0 saturated heterocycles. The van der Waals surface area contributed by atoms with Gasteiger partial charge in [-0.3, -0.25) is 4.79 Å². The van der Waals surface area contributed by atoms with Crippen molar-refractivity contribution >= 4 is 28.4 Å². The van der Waals surface area contributed by atoms with Gasteiger partial charge >= 0.3 is 0 Å². The Hall–Kier alpha value is -1.59. The second kappa shape index (κ2) is 7.79. The molecule has 4 nitrogen and oxygen atoms in total. The largest absolute Gasteiger partial charge is 0.394 e. The molecule has 1 atom stereocenters. The summed E-state index contributed by atoms with van der Waals surface area (Å²) in [6, 6.07) is 9.76. The van der Waals surface area contributed by atoms with Crippen LogP contribution in [0.25, 0.3) is 10.8 Å². The van der Waals surface area contributed by atoms with Crippen molar-refractivity contribution < 1.29 is 9.90 Å². The van der Waals surface area contributed by atoms with Crippen LogP contribution in [0, 0.1) is 5.41 Å². The molecule has 1 unspecified atom stereocenters. The number of aliphatic hydroxyl groups is 1. The Morgan fingerprint density at radius 2 is 2.04 bits per heavy atom. The van der Waals surface area contributed by atoms with Gasteiger partial charge in [-0.05, 0) is 23.3 Å². The van der Waals surface area contributed by atoms with Crippen LogP contribution in [0.15, 0.2) is 41.6 Å². The summed E-state index contributed by atoms with van der Waals surface area (Å²) in [4.78, 5) is 16.5. The average Bonchev–Trinajstić information content (AvgIpc) is 2.51. The third kappa shape index (κ3) is 5.52. The van der Waals surface area contributed by atoms with Gasteiger partial charge in [0.2, 0.25) is 5.91 Å². The molecule has 2 aromatic rings. The highest BCUT2D eigenvalue weighted by atomic mass is 32.2. The highest BCUT2D eigenvalue weighted by Crippen LogP contribution is 2.25. The molecule has 5 heteroatoms. The van der Waals surface area contributed by atoms with Crippen molar-refractivity contribution in [3.8, 4) is 0 Å². The minimum absolute atomic E-state index is 0.0415. The maximum atomic E-state index is 12.1.